The Morgan fingerprint density at radius 2 is 2.37 bits per heavy atom. The fourth-order valence-corrected chi connectivity index (χ4v) is 2.47. The maximum absolute atomic E-state index is 12.2. The molecule has 1 aromatic rings. The Balaban J connectivity index is 1.96. The van der Waals surface area contributed by atoms with Gasteiger partial charge in [-0.25, -0.2) is 0 Å². The molecule has 0 aromatic carbocycles. The summed E-state index contributed by atoms with van der Waals surface area (Å²) in [5.41, 5.74) is 2.34. The van der Waals surface area contributed by atoms with E-state index >= 15 is 0 Å². The van der Waals surface area contributed by atoms with Gasteiger partial charge in [0, 0.05) is 32.0 Å². The molecule has 1 aliphatic rings. The smallest absolute Gasteiger partial charge is 0.254 e. The van der Waals surface area contributed by atoms with Crippen LogP contribution in [0, 0.1) is 12.8 Å². The first-order valence-corrected chi connectivity index (χ1v) is 6.71. The quantitative estimate of drug-likeness (QED) is 0.853. The molecule has 5 nitrogen and oxygen atoms in total. The Morgan fingerprint density at radius 3 is 3.00 bits per heavy atom. The number of nitrogens with zero attached hydrogens (tertiary/aromatic N) is 2. The molecule has 0 spiro atoms. The maximum Gasteiger partial charge on any atom is 0.254 e. The lowest BCUT2D eigenvalue weighted by Crippen LogP contribution is -2.31. The molecular formula is C14H22N4O. The normalized spacial score (nSPS) is 19.4. The Bertz CT molecular complexity index is 461. The third kappa shape index (κ3) is 3.44. The highest BCUT2D eigenvalue weighted by atomic mass is 16.1. The second-order valence-corrected chi connectivity index (χ2v) is 5.25. The molecule has 5 heteroatoms. The van der Waals surface area contributed by atoms with Crippen LogP contribution in [0.4, 0.5) is 5.69 Å². The van der Waals surface area contributed by atoms with Crippen LogP contribution in [0.2, 0.25) is 0 Å². The van der Waals surface area contributed by atoms with Gasteiger partial charge in [0.25, 0.3) is 5.91 Å². The number of likely N-dealkylation sites (tertiary alicyclic amines) is 1. The number of amides is 1. The first-order chi connectivity index (χ1) is 9.10. The van der Waals surface area contributed by atoms with Crippen molar-refractivity contribution in [1.29, 1.82) is 0 Å². The molecule has 0 aliphatic carbocycles. The molecule has 1 aliphatic heterocycles. The summed E-state index contributed by atoms with van der Waals surface area (Å²) in [4.78, 5) is 18.7. The molecule has 0 bridgehead atoms. The summed E-state index contributed by atoms with van der Waals surface area (Å²) in [5, 5.41) is 6.05. The molecular weight excluding hydrogens is 240 g/mol. The summed E-state index contributed by atoms with van der Waals surface area (Å²) in [6.07, 6.45) is 2.79. The predicted molar refractivity (Wildman–Crippen MR) is 76.5 cm³/mol. The number of anilines is 1. The molecule has 19 heavy (non-hydrogen) atoms. The van der Waals surface area contributed by atoms with Crippen LogP contribution in [0.3, 0.4) is 0 Å². The molecule has 0 radical (unpaired) electrons. The monoisotopic (exact) mass is 262 g/mol. The van der Waals surface area contributed by atoms with Gasteiger partial charge in [0.2, 0.25) is 0 Å². The number of pyridine rings is 1. The number of aryl methyl sites for hydroxylation is 1. The number of carbonyl (C=O) groups excluding carboxylic acids is 1. The van der Waals surface area contributed by atoms with Gasteiger partial charge in [-0.2, -0.15) is 0 Å². The van der Waals surface area contributed by atoms with E-state index in [1.165, 1.54) is 0 Å². The van der Waals surface area contributed by atoms with E-state index in [2.05, 4.69) is 27.6 Å². The van der Waals surface area contributed by atoms with Crippen LogP contribution in [0.15, 0.2) is 12.3 Å². The van der Waals surface area contributed by atoms with Gasteiger partial charge < -0.3 is 15.5 Å². The van der Waals surface area contributed by atoms with Crippen LogP contribution in [0.25, 0.3) is 0 Å². The highest BCUT2D eigenvalue weighted by Crippen LogP contribution is 2.16. The lowest BCUT2D eigenvalue weighted by molar-refractivity contribution is 0.0948. The van der Waals surface area contributed by atoms with E-state index in [-0.39, 0.29) is 5.91 Å². The summed E-state index contributed by atoms with van der Waals surface area (Å²) in [6.45, 7) is 4.83. The van der Waals surface area contributed by atoms with Gasteiger partial charge in [-0.3, -0.25) is 9.78 Å². The minimum absolute atomic E-state index is 0.0496. The van der Waals surface area contributed by atoms with Crippen molar-refractivity contribution in [1.82, 2.24) is 15.2 Å². The number of nitrogens with one attached hydrogen (secondary N) is 2. The summed E-state index contributed by atoms with van der Waals surface area (Å²) in [7, 11) is 3.93. The molecule has 104 valence electrons. The zero-order chi connectivity index (χ0) is 13.8. The van der Waals surface area contributed by atoms with Crippen molar-refractivity contribution in [3.05, 3.63) is 23.5 Å². The molecule has 1 atom stereocenters. The van der Waals surface area contributed by atoms with Gasteiger partial charge in [-0.05, 0) is 38.9 Å². The van der Waals surface area contributed by atoms with Gasteiger partial charge in [0.15, 0.2) is 0 Å². The Hall–Kier alpha value is -1.62. The minimum atomic E-state index is -0.0496. The van der Waals surface area contributed by atoms with E-state index in [4.69, 9.17) is 0 Å². The van der Waals surface area contributed by atoms with Crippen LogP contribution in [0.1, 0.15) is 22.5 Å². The molecule has 1 fully saturated rings. The Labute approximate surface area is 114 Å². The van der Waals surface area contributed by atoms with E-state index in [1.807, 2.05) is 20.0 Å². The van der Waals surface area contributed by atoms with Crippen molar-refractivity contribution >= 4 is 11.6 Å². The minimum Gasteiger partial charge on any atom is -0.387 e. The lowest BCUT2D eigenvalue weighted by atomic mass is 10.1. The van der Waals surface area contributed by atoms with Gasteiger partial charge in [-0.1, -0.05) is 0 Å². The SMILES string of the molecule is CNc1cc(C)ncc1C(=O)NCC1CCN(C)C1. The second-order valence-electron chi connectivity index (χ2n) is 5.25. The first-order valence-electron chi connectivity index (χ1n) is 6.71. The lowest BCUT2D eigenvalue weighted by Gasteiger charge is -2.13. The maximum atomic E-state index is 12.2. The Kier molecular flexibility index (Phi) is 4.37. The van der Waals surface area contributed by atoms with Crippen molar-refractivity contribution in [2.24, 2.45) is 5.92 Å². The van der Waals surface area contributed by atoms with Crippen LogP contribution < -0.4 is 10.6 Å². The number of rotatable bonds is 4. The molecule has 1 amide bonds. The first kappa shape index (κ1) is 13.8. The van der Waals surface area contributed by atoms with Crippen LogP contribution in [-0.4, -0.2) is 49.5 Å². The summed E-state index contributed by atoms with van der Waals surface area (Å²) in [6, 6.07) is 1.89. The predicted octanol–water partition coefficient (Wildman–Crippen LogP) is 1.11. The standard InChI is InChI=1S/C14H22N4O/c1-10-6-13(15-2)12(8-16-10)14(19)17-7-11-4-5-18(3)9-11/h6,8,11H,4-5,7,9H2,1-3H3,(H,15,16)(H,17,19). The number of aromatic nitrogens is 1. The fraction of sp³-hybridized carbons (Fsp3) is 0.571. The molecule has 2 N–H and O–H groups in total. The average molecular weight is 262 g/mol. The van der Waals surface area contributed by atoms with E-state index in [0.29, 0.717) is 11.5 Å². The highest BCUT2D eigenvalue weighted by Gasteiger charge is 2.20. The summed E-state index contributed by atoms with van der Waals surface area (Å²) in [5.74, 6) is 0.511. The van der Waals surface area contributed by atoms with Gasteiger partial charge in [0.05, 0.1) is 11.3 Å². The highest BCUT2D eigenvalue weighted by molar-refractivity contribution is 5.99. The fourth-order valence-electron chi connectivity index (χ4n) is 2.47. The van der Waals surface area contributed by atoms with E-state index < -0.39 is 0 Å². The summed E-state index contributed by atoms with van der Waals surface area (Å²) < 4.78 is 0. The van der Waals surface area contributed by atoms with Gasteiger partial charge in [-0.15, -0.1) is 0 Å². The van der Waals surface area contributed by atoms with Gasteiger partial charge in [0.1, 0.15) is 0 Å². The van der Waals surface area contributed by atoms with Crippen LogP contribution in [0.5, 0.6) is 0 Å². The number of hydrogen-bond donors (Lipinski definition) is 2. The third-order valence-electron chi connectivity index (χ3n) is 3.59. The number of hydrogen-bond acceptors (Lipinski definition) is 4. The zero-order valence-corrected chi connectivity index (χ0v) is 11.9. The molecule has 0 saturated carbocycles. The molecule has 2 heterocycles. The molecule has 2 rings (SSSR count). The van der Waals surface area contributed by atoms with Crippen molar-refractivity contribution in [3.8, 4) is 0 Å². The van der Waals surface area contributed by atoms with Crippen molar-refractivity contribution in [2.45, 2.75) is 13.3 Å². The largest absolute Gasteiger partial charge is 0.387 e. The molecule has 1 aromatic heterocycles. The van der Waals surface area contributed by atoms with Crippen molar-refractivity contribution in [2.75, 3.05) is 39.0 Å². The van der Waals surface area contributed by atoms with E-state index in [0.717, 1.165) is 37.4 Å². The van der Waals surface area contributed by atoms with E-state index in [9.17, 15) is 4.79 Å². The van der Waals surface area contributed by atoms with Crippen LogP contribution in [-0.2, 0) is 0 Å². The molecule has 1 saturated heterocycles. The third-order valence-corrected chi connectivity index (χ3v) is 3.59. The van der Waals surface area contributed by atoms with E-state index in [1.54, 1.807) is 6.20 Å². The van der Waals surface area contributed by atoms with Crippen LogP contribution >= 0.6 is 0 Å². The summed E-state index contributed by atoms with van der Waals surface area (Å²) >= 11 is 0. The topological polar surface area (TPSA) is 57.3 Å². The van der Waals surface area contributed by atoms with Gasteiger partial charge >= 0.3 is 0 Å². The second kappa shape index (κ2) is 6.02. The average Bonchev–Trinajstić information content (AvgIpc) is 2.81. The Morgan fingerprint density at radius 1 is 1.58 bits per heavy atom. The molecule has 1 unspecified atom stereocenters. The van der Waals surface area contributed by atoms with Crippen molar-refractivity contribution < 1.29 is 4.79 Å². The zero-order valence-electron chi connectivity index (χ0n) is 11.9. The van der Waals surface area contributed by atoms with Crippen molar-refractivity contribution in [3.63, 3.8) is 0 Å². The number of carbonyl (C=O) groups is 1.